The molecule has 1 amide bonds. The second-order valence-corrected chi connectivity index (χ2v) is 5.20. The van der Waals surface area contributed by atoms with Crippen molar-refractivity contribution in [2.24, 2.45) is 10.9 Å². The highest BCUT2D eigenvalue weighted by atomic mass is 19.1. The molecule has 0 saturated carbocycles. The fourth-order valence-electron chi connectivity index (χ4n) is 2.02. The summed E-state index contributed by atoms with van der Waals surface area (Å²) in [5.74, 6) is 0.0967. The Morgan fingerprint density at radius 2 is 2.08 bits per heavy atom. The van der Waals surface area contributed by atoms with Crippen molar-refractivity contribution in [3.8, 4) is 11.5 Å². The average molecular weight is 334 g/mol. The second-order valence-electron chi connectivity index (χ2n) is 5.20. The van der Waals surface area contributed by atoms with Gasteiger partial charge in [-0.2, -0.15) is 0 Å². The monoisotopic (exact) mass is 334 g/mol. The van der Waals surface area contributed by atoms with E-state index < -0.39 is 0 Å². The molecule has 0 fully saturated rings. The van der Waals surface area contributed by atoms with E-state index >= 15 is 0 Å². The summed E-state index contributed by atoms with van der Waals surface area (Å²) in [5, 5.41) is 14.0. The van der Waals surface area contributed by atoms with Crippen LogP contribution in [0.15, 0.2) is 40.1 Å². The number of nitrogens with one attached hydrogen (secondary N) is 1. The van der Waals surface area contributed by atoms with Crippen molar-refractivity contribution in [2.45, 2.75) is 25.7 Å². The molecule has 0 aliphatic carbocycles. The molecular weight excluding hydrogens is 315 g/mol. The van der Waals surface area contributed by atoms with Crippen LogP contribution in [0.4, 0.5) is 4.39 Å². The number of carbonyl (C=O) groups excluding carboxylic acids is 1. The number of benzene rings is 1. The molecule has 0 spiro atoms. The number of aromatic nitrogens is 1. The molecule has 1 aromatic heterocycles. The van der Waals surface area contributed by atoms with Crippen molar-refractivity contribution in [3.05, 3.63) is 42.0 Å². The predicted octanol–water partition coefficient (Wildman–Crippen LogP) is 2.06. The first-order valence-corrected chi connectivity index (χ1v) is 7.52. The van der Waals surface area contributed by atoms with Crippen LogP contribution >= 0.6 is 0 Å². The summed E-state index contributed by atoms with van der Waals surface area (Å²) in [6.07, 6.45) is 3.22. The van der Waals surface area contributed by atoms with Gasteiger partial charge in [-0.3, -0.25) is 4.79 Å². The number of hydrogen-bond acceptors (Lipinski definition) is 5. The fourth-order valence-corrected chi connectivity index (χ4v) is 2.02. The highest BCUT2D eigenvalue weighted by Crippen LogP contribution is 2.19. The summed E-state index contributed by atoms with van der Waals surface area (Å²) >= 11 is 0. The van der Waals surface area contributed by atoms with E-state index in [1.54, 1.807) is 12.1 Å². The maximum absolute atomic E-state index is 12.9. The van der Waals surface area contributed by atoms with Crippen molar-refractivity contribution in [1.82, 2.24) is 10.3 Å². The van der Waals surface area contributed by atoms with Gasteiger partial charge in [0, 0.05) is 31.4 Å². The Balaban J connectivity index is 1.74. The van der Waals surface area contributed by atoms with Gasteiger partial charge in [-0.25, -0.2) is 9.37 Å². The van der Waals surface area contributed by atoms with Crippen LogP contribution in [-0.2, 0) is 11.2 Å². The lowest BCUT2D eigenvalue weighted by molar-refractivity contribution is -0.121. The Kier molecular flexibility index (Phi) is 6.30. The van der Waals surface area contributed by atoms with Gasteiger partial charge in [0.05, 0.1) is 5.69 Å². The van der Waals surface area contributed by atoms with Crippen molar-refractivity contribution in [2.75, 3.05) is 6.54 Å². The molecular formula is C16H19FN4O3. The molecule has 1 heterocycles. The molecule has 2 aromatic rings. The average Bonchev–Trinajstić information content (AvgIpc) is 3.06. The van der Waals surface area contributed by atoms with E-state index in [1.165, 1.54) is 18.4 Å². The Morgan fingerprint density at radius 3 is 2.79 bits per heavy atom. The molecule has 4 N–H and O–H groups in total. The van der Waals surface area contributed by atoms with Gasteiger partial charge in [-0.05, 0) is 30.7 Å². The Hall–Kier alpha value is -2.90. The maximum atomic E-state index is 12.9. The first kappa shape index (κ1) is 17.5. The summed E-state index contributed by atoms with van der Waals surface area (Å²) in [5.41, 5.74) is 6.66. The third kappa shape index (κ3) is 5.38. The van der Waals surface area contributed by atoms with Gasteiger partial charge < -0.3 is 20.7 Å². The molecule has 0 bridgehead atoms. The number of oxime groups is 1. The number of nitrogens with two attached hydrogens (primary N) is 1. The minimum Gasteiger partial charge on any atom is -0.444 e. The zero-order valence-electron chi connectivity index (χ0n) is 13.0. The molecule has 2 rings (SSSR count). The number of halogens is 1. The number of hydrogen-bond donors (Lipinski definition) is 3. The molecule has 0 aliphatic rings. The van der Waals surface area contributed by atoms with Crippen LogP contribution in [-0.4, -0.2) is 28.5 Å². The first-order valence-electron chi connectivity index (χ1n) is 7.52. The Labute approximate surface area is 138 Å². The van der Waals surface area contributed by atoms with Crippen LogP contribution in [0.5, 0.6) is 0 Å². The minimum absolute atomic E-state index is 0.110. The third-order valence-electron chi connectivity index (χ3n) is 3.31. The topological polar surface area (TPSA) is 114 Å². The number of amides is 1. The fraction of sp³-hybridized carbons (Fsp3) is 0.312. The minimum atomic E-state index is -0.325. The lowest BCUT2D eigenvalue weighted by Crippen LogP contribution is -2.25. The van der Waals surface area contributed by atoms with Crippen LogP contribution in [0.2, 0.25) is 0 Å². The Morgan fingerprint density at radius 1 is 1.33 bits per heavy atom. The molecule has 0 unspecified atom stereocenters. The molecule has 0 aliphatic heterocycles. The van der Waals surface area contributed by atoms with Crippen LogP contribution in [0.3, 0.4) is 0 Å². The smallest absolute Gasteiger partial charge is 0.226 e. The quantitative estimate of drug-likeness (QED) is 0.225. The van der Waals surface area contributed by atoms with Gasteiger partial charge in [-0.1, -0.05) is 5.16 Å². The predicted molar refractivity (Wildman–Crippen MR) is 85.9 cm³/mol. The molecule has 0 radical (unpaired) electrons. The van der Waals surface area contributed by atoms with Crippen LogP contribution in [0, 0.1) is 5.82 Å². The summed E-state index contributed by atoms with van der Waals surface area (Å²) in [4.78, 5) is 16.0. The number of aryl methyl sites for hydroxylation is 1. The van der Waals surface area contributed by atoms with Crippen molar-refractivity contribution >= 4 is 11.7 Å². The van der Waals surface area contributed by atoms with Crippen molar-refractivity contribution in [1.29, 1.82) is 0 Å². The van der Waals surface area contributed by atoms with E-state index in [9.17, 15) is 9.18 Å². The second kappa shape index (κ2) is 8.66. The van der Waals surface area contributed by atoms with Gasteiger partial charge in [0.15, 0.2) is 0 Å². The molecule has 24 heavy (non-hydrogen) atoms. The van der Waals surface area contributed by atoms with Gasteiger partial charge in [0.1, 0.15) is 17.9 Å². The number of rotatable bonds is 8. The van der Waals surface area contributed by atoms with Crippen molar-refractivity contribution < 1.29 is 18.8 Å². The van der Waals surface area contributed by atoms with E-state index in [0.717, 1.165) is 0 Å². The molecule has 0 atom stereocenters. The summed E-state index contributed by atoms with van der Waals surface area (Å²) in [6, 6.07) is 5.83. The number of oxazole rings is 1. The zero-order valence-corrected chi connectivity index (χ0v) is 13.0. The van der Waals surface area contributed by atoms with Gasteiger partial charge in [0.2, 0.25) is 11.8 Å². The highest BCUT2D eigenvalue weighted by Gasteiger charge is 2.09. The van der Waals surface area contributed by atoms with Crippen LogP contribution in [0.1, 0.15) is 25.0 Å². The van der Waals surface area contributed by atoms with Gasteiger partial charge in [0.25, 0.3) is 0 Å². The molecule has 0 saturated heterocycles. The van der Waals surface area contributed by atoms with E-state index in [0.29, 0.717) is 43.0 Å². The third-order valence-corrected chi connectivity index (χ3v) is 3.31. The number of nitrogens with zero attached hydrogens (tertiary/aromatic N) is 2. The number of carbonyl (C=O) groups is 1. The van der Waals surface area contributed by atoms with E-state index in [4.69, 9.17) is 15.4 Å². The van der Waals surface area contributed by atoms with E-state index in [1.807, 2.05) is 0 Å². The standard InChI is InChI=1S/C16H19FN4O3/c17-12-5-3-11(4-6-12)16-20-13(10-24-16)7-8-15(22)19-9-1-2-14(18)21-23/h3-6,10,23H,1-2,7-9H2,(H2,18,21)(H,19,22). The van der Waals surface area contributed by atoms with Crippen molar-refractivity contribution in [3.63, 3.8) is 0 Å². The summed E-state index contributed by atoms with van der Waals surface area (Å²) in [6.45, 7) is 0.453. The van der Waals surface area contributed by atoms with E-state index in [2.05, 4.69) is 15.5 Å². The summed E-state index contributed by atoms with van der Waals surface area (Å²) in [7, 11) is 0. The highest BCUT2D eigenvalue weighted by molar-refractivity contribution is 5.79. The maximum Gasteiger partial charge on any atom is 0.226 e. The first-order chi connectivity index (χ1) is 11.6. The van der Waals surface area contributed by atoms with Crippen LogP contribution < -0.4 is 11.1 Å². The van der Waals surface area contributed by atoms with E-state index in [-0.39, 0.29) is 24.0 Å². The van der Waals surface area contributed by atoms with Gasteiger partial charge in [-0.15, -0.1) is 0 Å². The normalized spacial score (nSPS) is 11.5. The van der Waals surface area contributed by atoms with Gasteiger partial charge >= 0.3 is 0 Å². The van der Waals surface area contributed by atoms with Crippen LogP contribution in [0.25, 0.3) is 11.5 Å². The largest absolute Gasteiger partial charge is 0.444 e. The molecule has 8 heteroatoms. The lowest BCUT2D eigenvalue weighted by Gasteiger charge is -2.03. The lowest BCUT2D eigenvalue weighted by atomic mass is 10.2. The number of amidine groups is 1. The molecule has 7 nitrogen and oxygen atoms in total. The molecule has 1 aromatic carbocycles. The Bertz CT molecular complexity index is 698. The summed E-state index contributed by atoms with van der Waals surface area (Å²) < 4.78 is 18.2. The zero-order chi connectivity index (χ0) is 17.4. The molecule has 128 valence electrons. The SMILES string of the molecule is N/C(CCCNC(=O)CCc1coc(-c2ccc(F)cc2)n1)=N\O.